The van der Waals surface area contributed by atoms with Gasteiger partial charge in [-0.2, -0.15) is 13.2 Å². The molecule has 164 valence electrons. The second-order valence-corrected chi connectivity index (χ2v) is 7.02. The van der Waals surface area contributed by atoms with Gasteiger partial charge in [-0.25, -0.2) is 9.37 Å². The Hall–Kier alpha value is -3.88. The molecule has 4 aromatic rings. The van der Waals surface area contributed by atoms with Crippen molar-refractivity contribution in [1.29, 1.82) is 0 Å². The molecule has 0 aliphatic carbocycles. The third-order valence-corrected chi connectivity index (χ3v) is 4.71. The highest BCUT2D eigenvalue weighted by Gasteiger charge is 2.34. The van der Waals surface area contributed by atoms with Crippen LogP contribution >= 0.6 is 0 Å². The molecular formula is C23H17F4N3O2. The van der Waals surface area contributed by atoms with E-state index in [1.807, 2.05) is 6.07 Å². The Kier molecular flexibility index (Phi) is 5.81. The predicted molar refractivity (Wildman–Crippen MR) is 109 cm³/mol. The third kappa shape index (κ3) is 4.88. The molecule has 1 atom stereocenters. The van der Waals surface area contributed by atoms with E-state index in [2.05, 4.69) is 15.3 Å². The monoisotopic (exact) mass is 443 g/mol. The van der Waals surface area contributed by atoms with Gasteiger partial charge in [-0.15, -0.1) is 0 Å². The molecule has 0 aliphatic heterocycles. The van der Waals surface area contributed by atoms with Gasteiger partial charge in [-0.1, -0.05) is 42.5 Å². The lowest BCUT2D eigenvalue weighted by Crippen LogP contribution is -2.33. The van der Waals surface area contributed by atoms with Gasteiger partial charge < -0.3 is 15.0 Å². The number of carbonyl (C=O) groups excluding carboxylic acids is 1. The number of fused-ring (bicyclic) bond motifs is 1. The molecule has 2 N–H and O–H groups in total. The fourth-order valence-electron chi connectivity index (χ4n) is 3.25. The minimum absolute atomic E-state index is 0.161. The van der Waals surface area contributed by atoms with Gasteiger partial charge in [0.2, 0.25) is 5.82 Å². The van der Waals surface area contributed by atoms with Crippen LogP contribution in [0.15, 0.2) is 72.8 Å². The number of halogens is 4. The van der Waals surface area contributed by atoms with E-state index in [1.165, 1.54) is 30.3 Å². The summed E-state index contributed by atoms with van der Waals surface area (Å²) in [6.45, 7) is -0.364. The summed E-state index contributed by atoms with van der Waals surface area (Å²) in [7, 11) is 0. The molecule has 1 aromatic heterocycles. The maximum atomic E-state index is 13.3. The minimum atomic E-state index is -4.60. The van der Waals surface area contributed by atoms with Crippen LogP contribution in [0.25, 0.3) is 11.0 Å². The number of imidazole rings is 1. The molecule has 4 rings (SSSR count). The smallest absolute Gasteiger partial charge is 0.449 e. The highest BCUT2D eigenvalue weighted by atomic mass is 19.4. The van der Waals surface area contributed by atoms with Crippen LogP contribution in [-0.4, -0.2) is 22.5 Å². The van der Waals surface area contributed by atoms with Crippen LogP contribution in [0.5, 0.6) is 5.75 Å². The van der Waals surface area contributed by atoms with Crippen molar-refractivity contribution >= 4 is 16.9 Å². The number of H-pyrrole nitrogens is 1. The Labute approximate surface area is 180 Å². The van der Waals surface area contributed by atoms with E-state index < -0.39 is 29.8 Å². The first-order chi connectivity index (χ1) is 15.3. The Balaban J connectivity index is 1.59. The molecule has 0 radical (unpaired) electrons. The van der Waals surface area contributed by atoms with Gasteiger partial charge >= 0.3 is 6.18 Å². The highest BCUT2D eigenvalue weighted by molar-refractivity contribution is 5.80. The van der Waals surface area contributed by atoms with Crippen LogP contribution in [0.4, 0.5) is 17.6 Å². The van der Waals surface area contributed by atoms with E-state index in [0.29, 0.717) is 5.56 Å². The molecule has 1 unspecified atom stereocenters. The van der Waals surface area contributed by atoms with Gasteiger partial charge in [0.25, 0.3) is 5.91 Å². The van der Waals surface area contributed by atoms with Crippen LogP contribution in [0.2, 0.25) is 0 Å². The largest absolute Gasteiger partial charge is 0.484 e. The van der Waals surface area contributed by atoms with Crippen molar-refractivity contribution in [2.75, 3.05) is 6.61 Å². The highest BCUT2D eigenvalue weighted by Crippen LogP contribution is 2.30. The van der Waals surface area contributed by atoms with Gasteiger partial charge in [0, 0.05) is 6.07 Å². The first-order valence-corrected chi connectivity index (χ1v) is 9.59. The Morgan fingerprint density at radius 2 is 1.78 bits per heavy atom. The number of hydrogen-bond acceptors (Lipinski definition) is 3. The Bertz CT molecular complexity index is 1240. The number of nitrogens with one attached hydrogen (secondary N) is 2. The molecule has 1 heterocycles. The van der Waals surface area contributed by atoms with Crippen molar-refractivity contribution < 1.29 is 27.1 Å². The number of rotatable bonds is 6. The first-order valence-electron chi connectivity index (χ1n) is 9.59. The third-order valence-electron chi connectivity index (χ3n) is 4.71. The van der Waals surface area contributed by atoms with E-state index in [-0.39, 0.29) is 23.4 Å². The molecule has 9 heteroatoms. The number of ether oxygens (including phenoxy) is 1. The summed E-state index contributed by atoms with van der Waals surface area (Å²) in [4.78, 5) is 18.4. The van der Waals surface area contributed by atoms with E-state index in [0.717, 1.165) is 11.6 Å². The average Bonchev–Trinajstić information content (AvgIpc) is 3.21. The van der Waals surface area contributed by atoms with Gasteiger partial charge in [0.1, 0.15) is 11.6 Å². The fraction of sp³-hybridized carbons (Fsp3) is 0.130. The molecule has 0 spiro atoms. The lowest BCUT2D eigenvalue weighted by molar-refractivity contribution is -0.144. The number of aromatic nitrogens is 2. The van der Waals surface area contributed by atoms with Gasteiger partial charge in [0.15, 0.2) is 6.61 Å². The maximum Gasteiger partial charge on any atom is 0.449 e. The van der Waals surface area contributed by atoms with Gasteiger partial charge in [-0.05, 0) is 35.4 Å². The zero-order valence-corrected chi connectivity index (χ0v) is 16.5. The summed E-state index contributed by atoms with van der Waals surface area (Å²) < 4.78 is 57.6. The van der Waals surface area contributed by atoms with Crippen molar-refractivity contribution in [3.63, 3.8) is 0 Å². The summed E-state index contributed by atoms with van der Waals surface area (Å²) in [6.07, 6.45) is -4.60. The topological polar surface area (TPSA) is 67.0 Å². The summed E-state index contributed by atoms with van der Waals surface area (Å²) in [5, 5.41) is 2.82. The predicted octanol–water partition coefficient (Wildman–Crippen LogP) is 5.01. The molecule has 32 heavy (non-hydrogen) atoms. The van der Waals surface area contributed by atoms with Gasteiger partial charge in [0.05, 0.1) is 17.1 Å². The van der Waals surface area contributed by atoms with Crippen LogP contribution in [0, 0.1) is 5.82 Å². The number of nitrogens with zero attached hydrogens (tertiary/aromatic N) is 1. The fourth-order valence-corrected chi connectivity index (χ4v) is 3.25. The molecule has 0 saturated carbocycles. The molecule has 3 aromatic carbocycles. The standard InChI is InChI=1S/C23H17F4N3O2/c24-16-7-4-8-17(12-16)32-13-20(31)30-21(14-5-2-1-3-6-14)15-9-10-18-19(11-15)29-22(28-18)23(25,26)27/h1-12,21H,13H2,(H,28,29)(H,30,31). The number of amides is 1. The van der Waals surface area contributed by atoms with Crippen LogP contribution in [0.1, 0.15) is 23.0 Å². The van der Waals surface area contributed by atoms with Crippen LogP contribution in [0.3, 0.4) is 0 Å². The lowest BCUT2D eigenvalue weighted by atomic mass is 9.98. The second kappa shape index (κ2) is 8.70. The van der Waals surface area contributed by atoms with Gasteiger partial charge in [-0.3, -0.25) is 4.79 Å². The summed E-state index contributed by atoms with van der Waals surface area (Å²) >= 11 is 0. The van der Waals surface area contributed by atoms with E-state index in [4.69, 9.17) is 4.74 Å². The SMILES string of the molecule is O=C(COc1cccc(F)c1)NC(c1ccccc1)c1ccc2nc(C(F)(F)F)[nH]c2c1. The van der Waals surface area contributed by atoms with Crippen molar-refractivity contribution in [2.24, 2.45) is 0 Å². The second-order valence-electron chi connectivity index (χ2n) is 7.02. The van der Waals surface area contributed by atoms with E-state index in [1.54, 1.807) is 30.3 Å². The van der Waals surface area contributed by atoms with E-state index >= 15 is 0 Å². The molecule has 0 saturated heterocycles. The van der Waals surface area contributed by atoms with E-state index in [9.17, 15) is 22.4 Å². The zero-order chi connectivity index (χ0) is 22.7. The number of carbonyl (C=O) groups is 1. The molecule has 0 fully saturated rings. The summed E-state index contributed by atoms with van der Waals surface area (Å²) in [6, 6.07) is 18.3. The number of hydrogen-bond donors (Lipinski definition) is 2. The van der Waals surface area contributed by atoms with Crippen molar-refractivity contribution in [3.8, 4) is 5.75 Å². The first kappa shape index (κ1) is 21.4. The van der Waals surface area contributed by atoms with Crippen molar-refractivity contribution in [3.05, 3.63) is 95.6 Å². The Morgan fingerprint density at radius 3 is 2.50 bits per heavy atom. The number of benzene rings is 3. The van der Waals surface area contributed by atoms with Crippen molar-refractivity contribution in [1.82, 2.24) is 15.3 Å². The quantitative estimate of drug-likeness (QED) is 0.412. The van der Waals surface area contributed by atoms with Crippen molar-refractivity contribution in [2.45, 2.75) is 12.2 Å². The zero-order valence-electron chi connectivity index (χ0n) is 16.5. The minimum Gasteiger partial charge on any atom is -0.484 e. The molecule has 1 amide bonds. The number of aromatic amines is 1. The van der Waals surface area contributed by atoms with Crippen LogP contribution < -0.4 is 10.1 Å². The lowest BCUT2D eigenvalue weighted by Gasteiger charge is -2.20. The molecule has 0 bridgehead atoms. The average molecular weight is 443 g/mol. The molecule has 0 aliphatic rings. The summed E-state index contributed by atoms with van der Waals surface area (Å²) in [5.74, 6) is -1.86. The summed E-state index contributed by atoms with van der Waals surface area (Å²) in [5.41, 5.74) is 1.64. The Morgan fingerprint density at radius 1 is 1.00 bits per heavy atom. The van der Waals surface area contributed by atoms with Crippen LogP contribution in [-0.2, 0) is 11.0 Å². The molecule has 5 nitrogen and oxygen atoms in total. The molecular weight excluding hydrogens is 426 g/mol. The maximum absolute atomic E-state index is 13.3. The number of alkyl halides is 3. The normalized spacial score (nSPS) is 12.5.